The second-order valence-electron chi connectivity index (χ2n) is 5.55. The average Bonchev–Trinajstić information content (AvgIpc) is 2.49. The van der Waals surface area contributed by atoms with Gasteiger partial charge in [-0.25, -0.2) is 8.42 Å². The van der Waals surface area contributed by atoms with Crippen LogP contribution in [-0.2, 0) is 16.4 Å². The zero-order chi connectivity index (χ0) is 14.6. The fourth-order valence-electron chi connectivity index (χ4n) is 2.91. The Morgan fingerprint density at radius 3 is 2.30 bits per heavy atom. The van der Waals surface area contributed by atoms with Crippen LogP contribution in [0.4, 0.5) is 0 Å². The van der Waals surface area contributed by atoms with E-state index in [0.29, 0.717) is 12.8 Å². The second-order valence-corrected chi connectivity index (χ2v) is 8.23. The first-order valence-electron chi connectivity index (χ1n) is 7.22. The molecule has 20 heavy (non-hydrogen) atoms. The minimum atomic E-state index is -3.08. The lowest BCUT2D eigenvalue weighted by Gasteiger charge is -2.40. The molecule has 2 N–H and O–H groups in total. The van der Waals surface area contributed by atoms with Crippen LogP contribution in [-0.4, -0.2) is 43.5 Å². The number of benzene rings is 1. The SMILES string of the molecule is CCS(=O)(=O)C1(CN)CCN(Cc2ccccc2)CC1. The summed E-state index contributed by atoms with van der Waals surface area (Å²) < 4.78 is 23.8. The molecule has 1 heterocycles. The number of sulfone groups is 1. The molecule has 0 unspecified atom stereocenters. The zero-order valence-corrected chi connectivity index (χ0v) is 12.9. The van der Waals surface area contributed by atoms with Gasteiger partial charge in [0.05, 0.1) is 4.75 Å². The first-order valence-corrected chi connectivity index (χ1v) is 8.87. The van der Waals surface area contributed by atoms with E-state index in [-0.39, 0.29) is 12.3 Å². The largest absolute Gasteiger partial charge is 0.329 e. The molecule has 5 heteroatoms. The standard InChI is InChI=1S/C15H24N2O2S/c1-2-20(18,19)15(13-16)8-10-17(11-9-15)12-14-6-4-3-5-7-14/h3-7H,2,8-13,16H2,1H3. The van der Waals surface area contributed by atoms with Gasteiger partial charge in [-0.05, 0) is 18.4 Å². The van der Waals surface area contributed by atoms with Crippen molar-refractivity contribution in [1.29, 1.82) is 0 Å². The molecule has 2 rings (SSSR count). The van der Waals surface area contributed by atoms with Crippen LogP contribution >= 0.6 is 0 Å². The van der Waals surface area contributed by atoms with Gasteiger partial charge in [0.15, 0.2) is 9.84 Å². The van der Waals surface area contributed by atoms with Gasteiger partial charge >= 0.3 is 0 Å². The van der Waals surface area contributed by atoms with Crippen molar-refractivity contribution in [2.24, 2.45) is 5.73 Å². The van der Waals surface area contributed by atoms with Crippen molar-refractivity contribution >= 4 is 9.84 Å². The van der Waals surface area contributed by atoms with E-state index in [4.69, 9.17) is 5.73 Å². The van der Waals surface area contributed by atoms with Gasteiger partial charge in [-0.1, -0.05) is 37.3 Å². The van der Waals surface area contributed by atoms with Crippen LogP contribution in [0.25, 0.3) is 0 Å². The summed E-state index contributed by atoms with van der Waals surface area (Å²) >= 11 is 0. The number of nitrogens with zero attached hydrogens (tertiary/aromatic N) is 1. The van der Waals surface area contributed by atoms with Gasteiger partial charge in [-0.15, -0.1) is 0 Å². The smallest absolute Gasteiger partial charge is 0.157 e. The van der Waals surface area contributed by atoms with E-state index >= 15 is 0 Å². The maximum absolute atomic E-state index is 12.3. The van der Waals surface area contributed by atoms with Gasteiger partial charge in [0.1, 0.15) is 0 Å². The first-order chi connectivity index (χ1) is 9.53. The third kappa shape index (κ3) is 3.05. The normalized spacial score (nSPS) is 19.9. The Kier molecular flexibility index (Phi) is 4.83. The Morgan fingerprint density at radius 2 is 1.80 bits per heavy atom. The highest BCUT2D eigenvalue weighted by molar-refractivity contribution is 7.92. The quantitative estimate of drug-likeness (QED) is 0.892. The van der Waals surface area contributed by atoms with Crippen molar-refractivity contribution in [1.82, 2.24) is 4.90 Å². The Morgan fingerprint density at radius 1 is 1.20 bits per heavy atom. The fourth-order valence-corrected chi connectivity index (χ4v) is 4.58. The highest BCUT2D eigenvalue weighted by atomic mass is 32.2. The van der Waals surface area contributed by atoms with E-state index in [1.165, 1.54) is 5.56 Å². The molecule has 0 radical (unpaired) electrons. The molecule has 1 aliphatic heterocycles. The molecule has 0 spiro atoms. The molecule has 1 aromatic rings. The minimum Gasteiger partial charge on any atom is -0.329 e. The monoisotopic (exact) mass is 296 g/mol. The van der Waals surface area contributed by atoms with E-state index < -0.39 is 14.6 Å². The van der Waals surface area contributed by atoms with Crippen molar-refractivity contribution in [3.8, 4) is 0 Å². The molecule has 0 saturated carbocycles. The maximum Gasteiger partial charge on any atom is 0.157 e. The third-order valence-electron chi connectivity index (χ3n) is 4.43. The van der Waals surface area contributed by atoms with Crippen LogP contribution in [0, 0.1) is 0 Å². The van der Waals surface area contributed by atoms with Gasteiger partial charge < -0.3 is 5.73 Å². The third-order valence-corrected chi connectivity index (χ3v) is 7.08. The summed E-state index contributed by atoms with van der Waals surface area (Å²) in [6.07, 6.45) is 1.29. The van der Waals surface area contributed by atoms with Crippen LogP contribution < -0.4 is 5.73 Å². The molecule has 0 atom stereocenters. The minimum absolute atomic E-state index is 0.183. The van der Waals surface area contributed by atoms with Crippen molar-refractivity contribution in [3.05, 3.63) is 35.9 Å². The Bertz CT molecular complexity index is 520. The molecule has 1 aliphatic rings. The molecular formula is C15H24N2O2S. The maximum atomic E-state index is 12.3. The van der Waals surface area contributed by atoms with Gasteiger partial charge in [-0.2, -0.15) is 0 Å². The van der Waals surface area contributed by atoms with E-state index in [0.717, 1.165) is 19.6 Å². The fraction of sp³-hybridized carbons (Fsp3) is 0.600. The van der Waals surface area contributed by atoms with Crippen molar-refractivity contribution in [3.63, 3.8) is 0 Å². The number of likely N-dealkylation sites (tertiary alicyclic amines) is 1. The summed E-state index contributed by atoms with van der Waals surface area (Å²) in [6.45, 7) is 4.43. The molecule has 1 aromatic carbocycles. The second kappa shape index (κ2) is 6.24. The predicted molar refractivity (Wildman–Crippen MR) is 82.2 cm³/mol. The lowest BCUT2D eigenvalue weighted by Crippen LogP contribution is -2.53. The Hall–Kier alpha value is -0.910. The molecule has 4 nitrogen and oxygen atoms in total. The summed E-state index contributed by atoms with van der Waals surface area (Å²) in [4.78, 5) is 2.31. The molecular weight excluding hydrogens is 272 g/mol. The number of rotatable bonds is 5. The van der Waals surface area contributed by atoms with E-state index in [1.807, 2.05) is 18.2 Å². The number of hydrogen-bond acceptors (Lipinski definition) is 4. The number of nitrogens with two attached hydrogens (primary N) is 1. The van der Waals surface area contributed by atoms with Gasteiger partial charge in [0.25, 0.3) is 0 Å². The highest BCUT2D eigenvalue weighted by Crippen LogP contribution is 2.31. The summed E-state index contributed by atoms with van der Waals surface area (Å²) in [7, 11) is -3.08. The molecule has 0 aliphatic carbocycles. The zero-order valence-electron chi connectivity index (χ0n) is 12.1. The van der Waals surface area contributed by atoms with Crippen molar-refractivity contribution < 1.29 is 8.42 Å². The van der Waals surface area contributed by atoms with E-state index in [2.05, 4.69) is 17.0 Å². The van der Waals surface area contributed by atoms with Gasteiger partial charge in [0, 0.05) is 31.9 Å². The molecule has 112 valence electrons. The van der Waals surface area contributed by atoms with E-state index in [9.17, 15) is 8.42 Å². The topological polar surface area (TPSA) is 63.4 Å². The Labute approximate surface area is 121 Å². The summed E-state index contributed by atoms with van der Waals surface area (Å²) in [5.74, 6) is 0.183. The predicted octanol–water partition coefficient (Wildman–Crippen LogP) is 1.41. The first kappa shape index (κ1) is 15.5. The lowest BCUT2D eigenvalue weighted by atomic mass is 9.95. The van der Waals surface area contributed by atoms with Crippen LogP contribution in [0.3, 0.4) is 0 Å². The number of piperidine rings is 1. The Balaban J connectivity index is 2.01. The summed E-state index contributed by atoms with van der Waals surface area (Å²) in [5.41, 5.74) is 7.07. The summed E-state index contributed by atoms with van der Waals surface area (Å²) in [6, 6.07) is 10.3. The molecule has 0 bridgehead atoms. The van der Waals surface area contributed by atoms with Crippen LogP contribution in [0.5, 0.6) is 0 Å². The number of hydrogen-bond donors (Lipinski definition) is 1. The molecule has 0 amide bonds. The molecule has 1 saturated heterocycles. The summed E-state index contributed by atoms with van der Waals surface area (Å²) in [5, 5.41) is 0. The average molecular weight is 296 g/mol. The van der Waals surface area contributed by atoms with Gasteiger partial charge in [0.2, 0.25) is 0 Å². The van der Waals surface area contributed by atoms with E-state index in [1.54, 1.807) is 6.92 Å². The highest BCUT2D eigenvalue weighted by Gasteiger charge is 2.43. The van der Waals surface area contributed by atoms with Crippen LogP contribution in [0.1, 0.15) is 25.3 Å². The van der Waals surface area contributed by atoms with Crippen molar-refractivity contribution in [2.75, 3.05) is 25.4 Å². The lowest BCUT2D eigenvalue weighted by molar-refractivity contribution is 0.190. The van der Waals surface area contributed by atoms with Crippen LogP contribution in [0.15, 0.2) is 30.3 Å². The molecule has 0 aromatic heterocycles. The molecule has 1 fully saturated rings. The van der Waals surface area contributed by atoms with Crippen LogP contribution in [0.2, 0.25) is 0 Å². The van der Waals surface area contributed by atoms with Crippen molar-refractivity contribution in [2.45, 2.75) is 31.1 Å². The van der Waals surface area contributed by atoms with Gasteiger partial charge in [-0.3, -0.25) is 4.90 Å².